The van der Waals surface area contributed by atoms with Crippen molar-refractivity contribution in [3.63, 3.8) is 0 Å². The smallest absolute Gasteiger partial charge is 0.132 e. The molecular weight excluding hydrogens is 241 g/mol. The van der Waals surface area contributed by atoms with E-state index in [1.165, 1.54) is 12.5 Å². The van der Waals surface area contributed by atoms with Crippen molar-refractivity contribution in [3.8, 4) is 11.3 Å². The topological polar surface area (TPSA) is 40.7 Å². The molecule has 4 heteroatoms. The van der Waals surface area contributed by atoms with Gasteiger partial charge in [-0.15, -0.1) is 0 Å². The van der Waals surface area contributed by atoms with Gasteiger partial charge in [-0.05, 0) is 38.4 Å². The van der Waals surface area contributed by atoms with Gasteiger partial charge in [-0.1, -0.05) is 12.1 Å². The molecule has 0 bridgehead atoms. The highest BCUT2D eigenvalue weighted by Crippen LogP contribution is 2.28. The molecule has 1 aliphatic rings. The Morgan fingerprint density at radius 1 is 1.32 bits per heavy atom. The fraction of sp³-hybridized carbons (Fsp3) is 0.400. The van der Waals surface area contributed by atoms with E-state index in [1.54, 1.807) is 12.1 Å². The monoisotopic (exact) mass is 259 g/mol. The van der Waals surface area contributed by atoms with Crippen LogP contribution < -0.4 is 5.32 Å². The SMILES string of the molecule is Cc1[nH]c(C2CCCNC2)nc1-c1ccccc1F. The van der Waals surface area contributed by atoms with E-state index in [0.29, 0.717) is 11.5 Å². The summed E-state index contributed by atoms with van der Waals surface area (Å²) in [4.78, 5) is 7.95. The average molecular weight is 259 g/mol. The van der Waals surface area contributed by atoms with Gasteiger partial charge in [-0.2, -0.15) is 0 Å². The summed E-state index contributed by atoms with van der Waals surface area (Å²) in [5.41, 5.74) is 2.25. The zero-order valence-electron chi connectivity index (χ0n) is 11.0. The summed E-state index contributed by atoms with van der Waals surface area (Å²) in [5.74, 6) is 1.17. The summed E-state index contributed by atoms with van der Waals surface area (Å²) >= 11 is 0. The first-order chi connectivity index (χ1) is 9.25. The molecule has 0 radical (unpaired) electrons. The van der Waals surface area contributed by atoms with Gasteiger partial charge >= 0.3 is 0 Å². The first-order valence-electron chi connectivity index (χ1n) is 6.78. The van der Waals surface area contributed by atoms with Crippen LogP contribution in [0.1, 0.15) is 30.3 Å². The van der Waals surface area contributed by atoms with E-state index < -0.39 is 0 Å². The minimum atomic E-state index is -0.217. The maximum atomic E-state index is 13.8. The maximum Gasteiger partial charge on any atom is 0.132 e. The number of imidazole rings is 1. The molecule has 1 aromatic carbocycles. The number of piperidine rings is 1. The Morgan fingerprint density at radius 2 is 2.16 bits per heavy atom. The number of H-pyrrole nitrogens is 1. The summed E-state index contributed by atoms with van der Waals surface area (Å²) < 4.78 is 13.8. The number of benzene rings is 1. The second-order valence-corrected chi connectivity index (χ2v) is 5.12. The molecule has 2 N–H and O–H groups in total. The maximum absolute atomic E-state index is 13.8. The van der Waals surface area contributed by atoms with Gasteiger partial charge in [0.05, 0.1) is 5.69 Å². The van der Waals surface area contributed by atoms with Gasteiger partial charge in [0.25, 0.3) is 0 Å². The molecule has 1 aliphatic heterocycles. The first-order valence-corrected chi connectivity index (χ1v) is 6.78. The van der Waals surface area contributed by atoms with E-state index in [-0.39, 0.29) is 5.82 Å². The van der Waals surface area contributed by atoms with Crippen LogP contribution in [0.5, 0.6) is 0 Å². The van der Waals surface area contributed by atoms with Gasteiger partial charge in [0.2, 0.25) is 0 Å². The van der Waals surface area contributed by atoms with E-state index in [2.05, 4.69) is 15.3 Å². The van der Waals surface area contributed by atoms with Gasteiger partial charge in [0.15, 0.2) is 0 Å². The standard InChI is InChI=1S/C15H18FN3/c1-10-14(12-6-2-3-7-13(12)16)19-15(18-10)11-5-4-8-17-9-11/h2-3,6-7,11,17H,4-5,8-9H2,1H3,(H,18,19). The normalized spacial score (nSPS) is 19.6. The fourth-order valence-corrected chi connectivity index (χ4v) is 2.68. The van der Waals surface area contributed by atoms with Crippen molar-refractivity contribution in [1.29, 1.82) is 0 Å². The molecule has 0 spiro atoms. The van der Waals surface area contributed by atoms with E-state index in [9.17, 15) is 4.39 Å². The molecule has 3 rings (SSSR count). The summed E-state index contributed by atoms with van der Waals surface area (Å²) in [5, 5.41) is 3.38. The third kappa shape index (κ3) is 2.40. The van der Waals surface area contributed by atoms with Gasteiger partial charge in [0.1, 0.15) is 11.6 Å². The van der Waals surface area contributed by atoms with Gasteiger partial charge in [0, 0.05) is 23.7 Å². The summed E-state index contributed by atoms with van der Waals surface area (Å²) in [6.45, 7) is 3.98. The molecule has 3 nitrogen and oxygen atoms in total. The Kier molecular flexibility index (Phi) is 3.34. The Hall–Kier alpha value is -1.68. The molecule has 19 heavy (non-hydrogen) atoms. The van der Waals surface area contributed by atoms with Crippen LogP contribution in [0.4, 0.5) is 4.39 Å². The molecule has 0 saturated carbocycles. The van der Waals surface area contributed by atoms with Crippen molar-refractivity contribution < 1.29 is 4.39 Å². The highest BCUT2D eigenvalue weighted by atomic mass is 19.1. The number of halogens is 1. The highest BCUT2D eigenvalue weighted by molar-refractivity contribution is 5.62. The van der Waals surface area contributed by atoms with E-state index >= 15 is 0 Å². The second-order valence-electron chi connectivity index (χ2n) is 5.12. The van der Waals surface area contributed by atoms with Crippen LogP contribution >= 0.6 is 0 Å². The lowest BCUT2D eigenvalue weighted by Gasteiger charge is -2.20. The summed E-state index contributed by atoms with van der Waals surface area (Å²) in [6, 6.07) is 6.80. The summed E-state index contributed by atoms with van der Waals surface area (Å²) in [6.07, 6.45) is 2.30. The molecule has 1 aromatic heterocycles. The number of aromatic amines is 1. The Balaban J connectivity index is 1.95. The Labute approximate surface area is 112 Å². The van der Waals surface area contributed by atoms with Crippen LogP contribution in [0, 0.1) is 12.7 Å². The molecule has 1 saturated heterocycles. The zero-order chi connectivity index (χ0) is 13.2. The molecule has 0 amide bonds. The van der Waals surface area contributed by atoms with Crippen molar-refractivity contribution in [3.05, 3.63) is 41.6 Å². The number of nitrogens with zero attached hydrogens (tertiary/aromatic N) is 1. The lowest BCUT2D eigenvalue weighted by molar-refractivity contribution is 0.448. The van der Waals surface area contributed by atoms with Crippen LogP contribution in [-0.4, -0.2) is 23.1 Å². The van der Waals surface area contributed by atoms with Crippen LogP contribution in [0.25, 0.3) is 11.3 Å². The van der Waals surface area contributed by atoms with Crippen LogP contribution in [-0.2, 0) is 0 Å². The zero-order valence-corrected chi connectivity index (χ0v) is 11.0. The van der Waals surface area contributed by atoms with Crippen molar-refractivity contribution in [2.75, 3.05) is 13.1 Å². The van der Waals surface area contributed by atoms with Crippen LogP contribution in [0.15, 0.2) is 24.3 Å². The Morgan fingerprint density at radius 3 is 2.89 bits per heavy atom. The molecule has 2 aromatic rings. The third-order valence-corrected chi connectivity index (χ3v) is 3.72. The number of aryl methyl sites for hydroxylation is 1. The predicted molar refractivity (Wildman–Crippen MR) is 73.6 cm³/mol. The lowest BCUT2D eigenvalue weighted by Crippen LogP contribution is -2.28. The first kappa shape index (κ1) is 12.4. The van der Waals surface area contributed by atoms with Crippen molar-refractivity contribution in [2.45, 2.75) is 25.7 Å². The number of nitrogens with one attached hydrogen (secondary N) is 2. The predicted octanol–water partition coefficient (Wildman–Crippen LogP) is 2.99. The molecule has 1 atom stereocenters. The average Bonchev–Trinajstić information content (AvgIpc) is 2.82. The van der Waals surface area contributed by atoms with E-state index in [4.69, 9.17) is 0 Å². The minimum Gasteiger partial charge on any atom is -0.345 e. The summed E-state index contributed by atoms with van der Waals surface area (Å²) in [7, 11) is 0. The molecule has 1 unspecified atom stereocenters. The number of aromatic nitrogens is 2. The number of hydrogen-bond acceptors (Lipinski definition) is 2. The van der Waals surface area contributed by atoms with Crippen molar-refractivity contribution >= 4 is 0 Å². The Bertz CT molecular complexity index is 571. The van der Waals surface area contributed by atoms with Gasteiger partial charge in [-0.3, -0.25) is 0 Å². The molecule has 1 fully saturated rings. The third-order valence-electron chi connectivity index (χ3n) is 3.72. The highest BCUT2D eigenvalue weighted by Gasteiger charge is 2.20. The second kappa shape index (κ2) is 5.13. The minimum absolute atomic E-state index is 0.217. The molecular formula is C15H18FN3. The van der Waals surface area contributed by atoms with E-state index in [1.807, 2.05) is 13.0 Å². The quantitative estimate of drug-likeness (QED) is 0.870. The number of hydrogen-bond donors (Lipinski definition) is 2. The molecule has 2 heterocycles. The van der Waals surface area contributed by atoms with E-state index in [0.717, 1.165) is 36.7 Å². The number of rotatable bonds is 2. The van der Waals surface area contributed by atoms with Crippen LogP contribution in [0.3, 0.4) is 0 Å². The molecule has 100 valence electrons. The van der Waals surface area contributed by atoms with Gasteiger partial charge < -0.3 is 10.3 Å². The fourth-order valence-electron chi connectivity index (χ4n) is 2.68. The largest absolute Gasteiger partial charge is 0.345 e. The van der Waals surface area contributed by atoms with Crippen LogP contribution in [0.2, 0.25) is 0 Å². The lowest BCUT2D eigenvalue weighted by atomic mass is 9.99. The molecule has 0 aliphatic carbocycles. The van der Waals surface area contributed by atoms with Crippen molar-refractivity contribution in [1.82, 2.24) is 15.3 Å². The van der Waals surface area contributed by atoms with Gasteiger partial charge in [-0.25, -0.2) is 9.37 Å². The van der Waals surface area contributed by atoms with Crippen molar-refractivity contribution in [2.24, 2.45) is 0 Å².